The van der Waals surface area contributed by atoms with Gasteiger partial charge in [-0.3, -0.25) is 4.52 Å². The summed E-state index contributed by atoms with van der Waals surface area (Å²) in [6, 6.07) is 16.1. The second-order valence-electron chi connectivity index (χ2n) is 7.43. The Kier molecular flexibility index (Phi) is 7.26. The minimum atomic E-state index is -1.98. The van der Waals surface area contributed by atoms with E-state index in [9.17, 15) is 4.89 Å². The number of hydrogen-bond donors (Lipinski definition) is 1. The largest absolute Gasteiger partial charge is 0.466 e. The van der Waals surface area contributed by atoms with Gasteiger partial charge in [-0.2, -0.15) is 0 Å². The molecule has 0 aromatic heterocycles. The van der Waals surface area contributed by atoms with Crippen molar-refractivity contribution in [1.82, 2.24) is 0 Å². The molecule has 2 atom stereocenters. The second-order valence-corrected chi connectivity index (χ2v) is 8.43. The first-order chi connectivity index (χ1) is 13.1. The van der Waals surface area contributed by atoms with E-state index >= 15 is 0 Å². The van der Waals surface area contributed by atoms with Gasteiger partial charge in [0.15, 0.2) is 6.79 Å². The molecule has 2 aromatic rings. The summed E-state index contributed by atoms with van der Waals surface area (Å²) in [7, 11) is -1.98. The highest BCUT2D eigenvalue weighted by atomic mass is 31.2. The molecule has 4 nitrogen and oxygen atoms in total. The predicted octanol–water partition coefficient (Wildman–Crippen LogP) is 6.11. The zero-order valence-corrected chi connectivity index (χ0v) is 17.2. The van der Waals surface area contributed by atoms with E-state index in [1.807, 2.05) is 30.3 Å². The average Bonchev–Trinajstić information content (AvgIpc) is 3.52. The van der Waals surface area contributed by atoms with Crippen molar-refractivity contribution >= 4 is 8.60 Å². The summed E-state index contributed by atoms with van der Waals surface area (Å²) in [5, 5.41) is 0. The Morgan fingerprint density at radius 3 is 2.33 bits per heavy atom. The van der Waals surface area contributed by atoms with Crippen molar-refractivity contribution in [3.8, 4) is 5.75 Å². The van der Waals surface area contributed by atoms with E-state index in [0.717, 1.165) is 17.2 Å². The van der Waals surface area contributed by atoms with Gasteiger partial charge in [-0.15, -0.1) is 0 Å². The molecule has 0 amide bonds. The summed E-state index contributed by atoms with van der Waals surface area (Å²) in [5.41, 5.74) is 3.41. The summed E-state index contributed by atoms with van der Waals surface area (Å²) in [4.78, 5) is 9.98. The Hall–Kier alpha value is -1.45. The van der Waals surface area contributed by atoms with E-state index in [1.165, 1.54) is 24.0 Å². The maximum absolute atomic E-state index is 9.98. The van der Waals surface area contributed by atoms with Crippen molar-refractivity contribution in [3.05, 3.63) is 65.2 Å². The fourth-order valence-electron chi connectivity index (χ4n) is 3.28. The van der Waals surface area contributed by atoms with Crippen LogP contribution < -0.4 is 4.74 Å². The first kappa shape index (κ1) is 20.3. The van der Waals surface area contributed by atoms with Crippen LogP contribution in [0.1, 0.15) is 62.1 Å². The highest BCUT2D eigenvalue weighted by molar-refractivity contribution is 7.40. The number of ether oxygens (including phenoxy) is 1. The molecule has 1 aliphatic carbocycles. The van der Waals surface area contributed by atoms with Gasteiger partial charge in [-0.05, 0) is 47.3 Å². The topological polar surface area (TPSA) is 47.9 Å². The normalized spacial score (nSPS) is 16.3. The molecule has 0 bridgehead atoms. The van der Waals surface area contributed by atoms with Crippen molar-refractivity contribution in [2.24, 2.45) is 5.92 Å². The van der Waals surface area contributed by atoms with Crippen LogP contribution in [0.4, 0.5) is 0 Å². The van der Waals surface area contributed by atoms with Gasteiger partial charge < -0.3 is 14.2 Å². The Morgan fingerprint density at radius 1 is 0.963 bits per heavy atom. The van der Waals surface area contributed by atoms with Gasteiger partial charge in [-0.1, -0.05) is 69.3 Å². The minimum Gasteiger partial charge on any atom is -0.466 e. The molecule has 0 saturated heterocycles. The first-order valence-electron chi connectivity index (χ1n) is 9.60. The van der Waals surface area contributed by atoms with Gasteiger partial charge in [0.05, 0.1) is 6.61 Å². The molecule has 0 spiro atoms. The van der Waals surface area contributed by atoms with Gasteiger partial charge in [0.2, 0.25) is 0 Å². The lowest BCUT2D eigenvalue weighted by Crippen LogP contribution is -2.08. The maximum Gasteiger partial charge on any atom is 0.333 e. The van der Waals surface area contributed by atoms with Crippen LogP contribution in [-0.4, -0.2) is 11.7 Å². The third-order valence-electron chi connectivity index (χ3n) is 5.07. The summed E-state index contributed by atoms with van der Waals surface area (Å²) >= 11 is 0. The molecule has 27 heavy (non-hydrogen) atoms. The summed E-state index contributed by atoms with van der Waals surface area (Å²) < 4.78 is 16.8. The molecule has 0 radical (unpaired) electrons. The molecule has 1 unspecified atom stereocenters. The molecule has 1 saturated carbocycles. The number of benzene rings is 2. The van der Waals surface area contributed by atoms with E-state index in [4.69, 9.17) is 13.8 Å². The van der Waals surface area contributed by atoms with E-state index in [-0.39, 0.29) is 6.79 Å². The molecule has 5 heteroatoms. The van der Waals surface area contributed by atoms with Crippen LogP contribution in [0.15, 0.2) is 48.5 Å². The monoisotopic (exact) mass is 388 g/mol. The van der Waals surface area contributed by atoms with Crippen LogP contribution in [0.25, 0.3) is 0 Å². The van der Waals surface area contributed by atoms with Crippen LogP contribution in [0, 0.1) is 5.92 Å². The fraction of sp³-hybridized carbons (Fsp3) is 0.455. The third-order valence-corrected chi connectivity index (χ3v) is 5.74. The number of hydrogen-bond acceptors (Lipinski definition) is 4. The predicted molar refractivity (Wildman–Crippen MR) is 109 cm³/mol. The zero-order valence-electron chi connectivity index (χ0n) is 16.3. The molecule has 0 heterocycles. The smallest absolute Gasteiger partial charge is 0.333 e. The Bertz CT molecular complexity index is 716. The third kappa shape index (κ3) is 5.76. The Morgan fingerprint density at radius 2 is 1.67 bits per heavy atom. The molecule has 1 aliphatic rings. The van der Waals surface area contributed by atoms with Gasteiger partial charge in [0.1, 0.15) is 5.75 Å². The number of rotatable bonds is 10. The number of para-hydroxylation sites is 1. The summed E-state index contributed by atoms with van der Waals surface area (Å²) in [5.74, 6) is 2.48. The fourth-order valence-corrected chi connectivity index (χ4v) is 3.75. The van der Waals surface area contributed by atoms with Crippen LogP contribution in [0.5, 0.6) is 5.75 Å². The first-order valence-corrected chi connectivity index (χ1v) is 10.7. The van der Waals surface area contributed by atoms with Crippen molar-refractivity contribution in [2.45, 2.75) is 52.1 Å². The van der Waals surface area contributed by atoms with Crippen LogP contribution in [0.3, 0.4) is 0 Å². The molecule has 0 aliphatic heterocycles. The van der Waals surface area contributed by atoms with Gasteiger partial charge in [0, 0.05) is 0 Å². The lowest BCUT2D eigenvalue weighted by Gasteiger charge is -2.22. The van der Waals surface area contributed by atoms with Crippen LogP contribution >= 0.6 is 8.60 Å². The highest BCUT2D eigenvalue weighted by Crippen LogP contribution is 2.46. The van der Waals surface area contributed by atoms with E-state index in [2.05, 4.69) is 39.0 Å². The van der Waals surface area contributed by atoms with E-state index in [0.29, 0.717) is 18.4 Å². The standard InChI is InChI=1S/C22H29O4P/c1-16(2)20-10-7-11-21(17(3)19-12-13-19)22(20)24-15-26-27(23)25-14-18-8-5-4-6-9-18/h4-11,16-17,19,23H,12-15H2,1-3H3/t17-,27?/m1/s1. The molecule has 2 aromatic carbocycles. The van der Waals surface area contributed by atoms with Crippen LogP contribution in [-0.2, 0) is 15.7 Å². The summed E-state index contributed by atoms with van der Waals surface area (Å²) in [6.45, 7) is 6.89. The Balaban J connectivity index is 1.57. The quantitative estimate of drug-likeness (QED) is 0.394. The Labute approximate surface area is 163 Å². The zero-order chi connectivity index (χ0) is 19.2. The van der Waals surface area contributed by atoms with Crippen molar-refractivity contribution in [3.63, 3.8) is 0 Å². The highest BCUT2D eigenvalue weighted by Gasteiger charge is 2.31. The van der Waals surface area contributed by atoms with E-state index in [1.54, 1.807) is 0 Å². The lowest BCUT2D eigenvalue weighted by molar-refractivity contribution is 0.0876. The van der Waals surface area contributed by atoms with Crippen molar-refractivity contribution in [2.75, 3.05) is 6.79 Å². The minimum absolute atomic E-state index is 0.0227. The SMILES string of the molecule is CC(C)c1cccc([C@H](C)C2CC2)c1OCOP(O)OCc1ccccc1. The van der Waals surface area contributed by atoms with Crippen molar-refractivity contribution in [1.29, 1.82) is 0 Å². The van der Waals surface area contributed by atoms with Gasteiger partial charge in [-0.25, -0.2) is 0 Å². The molecule has 3 rings (SSSR count). The average molecular weight is 388 g/mol. The van der Waals surface area contributed by atoms with Gasteiger partial charge in [0.25, 0.3) is 0 Å². The molecular weight excluding hydrogens is 359 g/mol. The van der Waals surface area contributed by atoms with Crippen molar-refractivity contribution < 1.29 is 18.7 Å². The second kappa shape index (κ2) is 9.66. The van der Waals surface area contributed by atoms with Gasteiger partial charge >= 0.3 is 8.60 Å². The lowest BCUT2D eigenvalue weighted by atomic mass is 9.90. The molecular formula is C22H29O4P. The van der Waals surface area contributed by atoms with E-state index < -0.39 is 8.60 Å². The maximum atomic E-state index is 9.98. The van der Waals surface area contributed by atoms with Crippen LogP contribution in [0.2, 0.25) is 0 Å². The molecule has 1 N–H and O–H groups in total. The molecule has 146 valence electrons. The molecule has 1 fully saturated rings. The summed E-state index contributed by atoms with van der Waals surface area (Å²) in [6.07, 6.45) is 2.58.